The van der Waals surface area contributed by atoms with Gasteiger partial charge in [-0.25, -0.2) is 4.68 Å². The minimum absolute atomic E-state index is 0.198. The minimum atomic E-state index is -0.198. The summed E-state index contributed by atoms with van der Waals surface area (Å²) in [5.41, 5.74) is 0.455. The van der Waals surface area contributed by atoms with E-state index in [2.05, 4.69) is 17.3 Å². The van der Waals surface area contributed by atoms with E-state index in [4.69, 9.17) is 11.6 Å². The molecule has 0 aliphatic carbocycles. The summed E-state index contributed by atoms with van der Waals surface area (Å²) < 4.78 is 1.45. The van der Waals surface area contributed by atoms with Crippen LogP contribution in [0.3, 0.4) is 0 Å². The Morgan fingerprint density at radius 3 is 3.10 bits per heavy atom. The Kier molecular flexibility index (Phi) is 6.58. The maximum atomic E-state index is 12.1. The number of nitrogens with one attached hydrogen (secondary N) is 1. The van der Waals surface area contributed by atoms with Crippen molar-refractivity contribution in [3.63, 3.8) is 0 Å². The number of anilines is 1. The van der Waals surface area contributed by atoms with Gasteiger partial charge in [-0.3, -0.25) is 4.79 Å². The molecule has 0 aromatic carbocycles. The quantitative estimate of drug-likeness (QED) is 0.867. The van der Waals surface area contributed by atoms with E-state index in [-0.39, 0.29) is 10.6 Å². The second-order valence-electron chi connectivity index (χ2n) is 4.70. The Morgan fingerprint density at radius 1 is 1.55 bits per heavy atom. The largest absolute Gasteiger partial charge is 0.381 e. The van der Waals surface area contributed by atoms with Crippen molar-refractivity contribution in [3.8, 4) is 0 Å². The standard InChI is InChI=1S/C13H20ClN3OS2/c1-2-3-4-17-13(18)12(14)11(8-16-17)15-7-10-9-19-5-6-20-10/h8,10,15H,2-7,9H2,1H3. The van der Waals surface area contributed by atoms with E-state index in [1.165, 1.54) is 16.2 Å². The third-order valence-corrected chi connectivity index (χ3v) is 6.32. The lowest BCUT2D eigenvalue weighted by atomic mass is 10.3. The second-order valence-corrected chi connectivity index (χ2v) is 7.64. The first-order chi connectivity index (χ1) is 9.72. The van der Waals surface area contributed by atoms with Crippen molar-refractivity contribution in [1.82, 2.24) is 9.78 Å². The lowest BCUT2D eigenvalue weighted by Crippen LogP contribution is -2.27. The first-order valence-electron chi connectivity index (χ1n) is 6.91. The summed E-state index contributed by atoms with van der Waals surface area (Å²) in [6, 6.07) is 0. The molecule has 1 aliphatic heterocycles. The summed E-state index contributed by atoms with van der Waals surface area (Å²) in [7, 11) is 0. The molecule has 0 bridgehead atoms. The van der Waals surface area contributed by atoms with Gasteiger partial charge in [-0.1, -0.05) is 24.9 Å². The maximum Gasteiger partial charge on any atom is 0.287 e. The highest BCUT2D eigenvalue weighted by Crippen LogP contribution is 2.25. The van der Waals surface area contributed by atoms with Gasteiger partial charge in [0, 0.05) is 35.6 Å². The first kappa shape index (κ1) is 16.0. The summed E-state index contributed by atoms with van der Waals surface area (Å²) in [5, 5.41) is 8.28. The van der Waals surface area contributed by atoms with Gasteiger partial charge in [0.2, 0.25) is 0 Å². The summed E-state index contributed by atoms with van der Waals surface area (Å²) in [4.78, 5) is 12.1. The van der Waals surface area contributed by atoms with Crippen LogP contribution in [0.2, 0.25) is 5.02 Å². The van der Waals surface area contributed by atoms with Crippen molar-refractivity contribution in [3.05, 3.63) is 21.6 Å². The van der Waals surface area contributed by atoms with E-state index in [9.17, 15) is 4.79 Å². The number of rotatable bonds is 6. The molecular weight excluding hydrogens is 314 g/mol. The van der Waals surface area contributed by atoms with Crippen LogP contribution in [0.5, 0.6) is 0 Å². The highest BCUT2D eigenvalue weighted by molar-refractivity contribution is 8.06. The van der Waals surface area contributed by atoms with Crippen molar-refractivity contribution >= 4 is 40.8 Å². The van der Waals surface area contributed by atoms with Crippen LogP contribution in [-0.2, 0) is 6.54 Å². The van der Waals surface area contributed by atoms with Crippen molar-refractivity contribution in [2.75, 3.05) is 29.1 Å². The molecule has 1 saturated heterocycles. The number of unbranched alkanes of at least 4 members (excludes halogenated alkanes) is 1. The van der Waals surface area contributed by atoms with E-state index in [1.807, 2.05) is 23.5 Å². The lowest BCUT2D eigenvalue weighted by molar-refractivity contribution is 0.543. The molecule has 1 fully saturated rings. The normalized spacial score (nSPS) is 19.0. The van der Waals surface area contributed by atoms with Crippen LogP contribution in [0.1, 0.15) is 19.8 Å². The van der Waals surface area contributed by atoms with Crippen LogP contribution >= 0.6 is 35.1 Å². The van der Waals surface area contributed by atoms with Gasteiger partial charge in [0.15, 0.2) is 0 Å². The molecule has 0 saturated carbocycles. The molecule has 20 heavy (non-hydrogen) atoms. The summed E-state index contributed by atoms with van der Waals surface area (Å²) in [6.45, 7) is 3.55. The molecular formula is C13H20ClN3OS2. The SMILES string of the molecule is CCCCn1ncc(NCC2CSCCS2)c(Cl)c1=O. The van der Waals surface area contributed by atoms with E-state index < -0.39 is 0 Å². The summed E-state index contributed by atoms with van der Waals surface area (Å²) in [6.07, 6.45) is 3.63. The number of hydrogen-bond acceptors (Lipinski definition) is 5. The highest BCUT2D eigenvalue weighted by Gasteiger charge is 2.15. The van der Waals surface area contributed by atoms with Crippen LogP contribution in [0.4, 0.5) is 5.69 Å². The summed E-state index contributed by atoms with van der Waals surface area (Å²) in [5.74, 6) is 3.58. The number of aryl methyl sites for hydroxylation is 1. The lowest BCUT2D eigenvalue weighted by Gasteiger charge is -2.21. The van der Waals surface area contributed by atoms with Gasteiger partial charge < -0.3 is 5.32 Å². The molecule has 0 spiro atoms. The molecule has 2 rings (SSSR count). The molecule has 1 N–H and O–H groups in total. The van der Waals surface area contributed by atoms with Gasteiger partial charge in [0.25, 0.3) is 5.56 Å². The zero-order valence-electron chi connectivity index (χ0n) is 11.6. The Morgan fingerprint density at radius 2 is 2.40 bits per heavy atom. The Balaban J connectivity index is 1.97. The third-order valence-electron chi connectivity index (χ3n) is 3.11. The fourth-order valence-corrected chi connectivity index (χ4v) is 4.76. The zero-order valence-corrected chi connectivity index (χ0v) is 14.0. The average Bonchev–Trinajstić information content (AvgIpc) is 2.49. The van der Waals surface area contributed by atoms with Crippen LogP contribution in [0, 0.1) is 0 Å². The monoisotopic (exact) mass is 333 g/mol. The van der Waals surface area contributed by atoms with Crippen LogP contribution in [0.25, 0.3) is 0 Å². The molecule has 1 aliphatic rings. The molecule has 7 heteroatoms. The van der Waals surface area contributed by atoms with Gasteiger partial charge in [-0.15, -0.1) is 0 Å². The van der Waals surface area contributed by atoms with Crippen LogP contribution < -0.4 is 10.9 Å². The van der Waals surface area contributed by atoms with E-state index in [0.717, 1.165) is 25.1 Å². The topological polar surface area (TPSA) is 46.9 Å². The van der Waals surface area contributed by atoms with Gasteiger partial charge in [0.05, 0.1) is 11.9 Å². The highest BCUT2D eigenvalue weighted by atomic mass is 35.5. The number of nitrogens with zero attached hydrogens (tertiary/aromatic N) is 2. The minimum Gasteiger partial charge on any atom is -0.381 e. The molecule has 2 heterocycles. The number of hydrogen-bond donors (Lipinski definition) is 1. The molecule has 0 radical (unpaired) electrons. The van der Waals surface area contributed by atoms with Gasteiger partial charge >= 0.3 is 0 Å². The predicted molar refractivity (Wildman–Crippen MR) is 90.5 cm³/mol. The fraction of sp³-hybridized carbons (Fsp3) is 0.692. The maximum absolute atomic E-state index is 12.1. The Hall–Kier alpha value is -0.330. The van der Waals surface area contributed by atoms with E-state index in [1.54, 1.807) is 6.20 Å². The van der Waals surface area contributed by atoms with Gasteiger partial charge in [-0.05, 0) is 6.42 Å². The average molecular weight is 334 g/mol. The zero-order chi connectivity index (χ0) is 14.4. The van der Waals surface area contributed by atoms with Crippen molar-refractivity contribution in [2.24, 2.45) is 0 Å². The smallest absolute Gasteiger partial charge is 0.287 e. The predicted octanol–water partition coefficient (Wildman–Crippen LogP) is 2.96. The number of aromatic nitrogens is 2. The van der Waals surface area contributed by atoms with Crippen LogP contribution in [-0.4, -0.2) is 38.8 Å². The molecule has 0 amide bonds. The Labute approximate surface area is 133 Å². The number of halogens is 1. The molecule has 4 nitrogen and oxygen atoms in total. The molecule has 112 valence electrons. The fourth-order valence-electron chi connectivity index (χ4n) is 1.93. The van der Waals surface area contributed by atoms with Crippen LogP contribution in [0.15, 0.2) is 11.0 Å². The second kappa shape index (κ2) is 8.20. The number of thioether (sulfide) groups is 2. The van der Waals surface area contributed by atoms with E-state index >= 15 is 0 Å². The van der Waals surface area contributed by atoms with Crippen molar-refractivity contribution in [2.45, 2.75) is 31.6 Å². The van der Waals surface area contributed by atoms with Gasteiger partial charge in [0.1, 0.15) is 5.02 Å². The molecule has 1 unspecified atom stereocenters. The molecule has 1 atom stereocenters. The van der Waals surface area contributed by atoms with E-state index in [0.29, 0.717) is 17.5 Å². The van der Waals surface area contributed by atoms with Gasteiger partial charge in [-0.2, -0.15) is 28.6 Å². The Bertz CT molecular complexity index is 489. The van der Waals surface area contributed by atoms with Crippen molar-refractivity contribution < 1.29 is 0 Å². The first-order valence-corrected chi connectivity index (χ1v) is 9.49. The third kappa shape index (κ3) is 4.33. The van der Waals surface area contributed by atoms with Crippen molar-refractivity contribution in [1.29, 1.82) is 0 Å². The molecule has 1 aromatic rings. The summed E-state index contributed by atoms with van der Waals surface area (Å²) >= 11 is 10.1. The molecule has 1 aromatic heterocycles.